The van der Waals surface area contributed by atoms with Crippen molar-refractivity contribution in [3.8, 4) is 34.0 Å². The van der Waals surface area contributed by atoms with Gasteiger partial charge < -0.3 is 19.8 Å². The molecule has 6 nitrogen and oxygen atoms in total. The van der Waals surface area contributed by atoms with E-state index in [1.807, 2.05) is 91.0 Å². The van der Waals surface area contributed by atoms with E-state index in [4.69, 9.17) is 14.5 Å². The van der Waals surface area contributed by atoms with E-state index in [0.29, 0.717) is 12.2 Å². The van der Waals surface area contributed by atoms with Crippen LogP contribution in [0.15, 0.2) is 96.2 Å². The number of amides is 1. The Hall–Kier alpha value is -4.23. The summed E-state index contributed by atoms with van der Waals surface area (Å²) in [6, 6.07) is 29.7. The molecule has 0 radical (unpaired) electrons. The average Bonchev–Trinajstić information content (AvgIpc) is 3.37. The molecule has 0 bridgehead atoms. The number of ether oxygens (including phenoxy) is 2. The Balaban J connectivity index is 1.32. The number of benzene rings is 4. The fourth-order valence-corrected chi connectivity index (χ4v) is 4.94. The number of aromatic nitrogens is 2. The maximum Gasteiger partial charge on any atom is 0.225 e. The first-order valence-electron chi connectivity index (χ1n) is 11.9. The van der Waals surface area contributed by atoms with E-state index in [-0.39, 0.29) is 5.91 Å². The van der Waals surface area contributed by atoms with Crippen LogP contribution < -0.4 is 14.8 Å². The van der Waals surface area contributed by atoms with Gasteiger partial charge in [0.05, 0.1) is 25.6 Å². The number of nitrogens with one attached hydrogen (secondary N) is 2. The minimum absolute atomic E-state index is 0.0267. The quantitative estimate of drug-likeness (QED) is 0.209. The molecule has 0 atom stereocenters. The maximum absolute atomic E-state index is 12.7. The van der Waals surface area contributed by atoms with Crippen molar-refractivity contribution in [2.45, 2.75) is 11.6 Å². The van der Waals surface area contributed by atoms with Gasteiger partial charge in [0, 0.05) is 34.4 Å². The smallest absolute Gasteiger partial charge is 0.225 e. The van der Waals surface area contributed by atoms with Gasteiger partial charge in [-0.15, -0.1) is 0 Å². The van der Waals surface area contributed by atoms with Gasteiger partial charge in [-0.2, -0.15) is 0 Å². The molecule has 0 spiro atoms. The first-order chi connectivity index (χ1) is 18.1. The first-order valence-corrected chi connectivity index (χ1v) is 12.9. The number of fused-ring (bicyclic) bond motifs is 1. The van der Waals surface area contributed by atoms with Gasteiger partial charge in [-0.3, -0.25) is 4.79 Å². The molecule has 0 aliphatic rings. The summed E-state index contributed by atoms with van der Waals surface area (Å²) < 4.78 is 10.6. The minimum atomic E-state index is -0.0267. The van der Waals surface area contributed by atoms with Crippen LogP contribution in [0.2, 0.25) is 0 Å². The second-order valence-corrected chi connectivity index (χ2v) is 9.48. The van der Waals surface area contributed by atoms with Gasteiger partial charge >= 0.3 is 0 Å². The highest BCUT2D eigenvalue weighted by Gasteiger charge is 2.16. The number of thioether (sulfide) groups is 1. The van der Waals surface area contributed by atoms with Gasteiger partial charge in [0.1, 0.15) is 11.5 Å². The van der Waals surface area contributed by atoms with Crippen LogP contribution in [-0.2, 0) is 4.79 Å². The van der Waals surface area contributed by atoms with Crippen molar-refractivity contribution in [2.75, 3.05) is 25.3 Å². The van der Waals surface area contributed by atoms with Gasteiger partial charge in [0.15, 0.2) is 5.16 Å². The Labute approximate surface area is 220 Å². The molecule has 4 aromatic carbocycles. The van der Waals surface area contributed by atoms with Crippen LogP contribution in [0, 0.1) is 0 Å². The number of rotatable bonds is 9. The number of carbonyl (C=O) groups is 1. The summed E-state index contributed by atoms with van der Waals surface area (Å²) in [7, 11) is 3.30. The van der Waals surface area contributed by atoms with Gasteiger partial charge in [-0.1, -0.05) is 48.2 Å². The molecule has 5 aromatic rings. The van der Waals surface area contributed by atoms with E-state index in [2.05, 4.69) is 10.3 Å². The monoisotopic (exact) mass is 509 g/mol. The summed E-state index contributed by atoms with van der Waals surface area (Å²) in [5, 5.41) is 5.95. The van der Waals surface area contributed by atoms with E-state index in [9.17, 15) is 4.79 Å². The lowest BCUT2D eigenvalue weighted by molar-refractivity contribution is -0.115. The summed E-state index contributed by atoms with van der Waals surface area (Å²) >= 11 is 1.53. The maximum atomic E-state index is 12.7. The standard InChI is InChI=1S/C30H27N3O3S/c1-35-23-14-10-21(11-15-23)28-29(22-12-16-24(36-2)17-13-22)33-30(32-28)37-19-18-27(34)31-26-9-5-7-20-6-3-4-8-25(20)26/h3-17H,18-19H2,1-2H3,(H,31,34)(H,32,33). The molecule has 1 amide bonds. The molecule has 0 unspecified atom stereocenters. The summed E-state index contributed by atoms with van der Waals surface area (Å²) in [4.78, 5) is 21.0. The molecule has 0 fully saturated rings. The molecular weight excluding hydrogens is 482 g/mol. The highest BCUT2D eigenvalue weighted by molar-refractivity contribution is 7.99. The zero-order chi connectivity index (χ0) is 25.6. The molecule has 0 aliphatic carbocycles. The van der Waals surface area contributed by atoms with Crippen molar-refractivity contribution in [3.05, 3.63) is 91.0 Å². The third-order valence-electron chi connectivity index (χ3n) is 6.06. The van der Waals surface area contributed by atoms with E-state index >= 15 is 0 Å². The Morgan fingerprint density at radius 1 is 0.838 bits per heavy atom. The number of aromatic amines is 1. The normalized spacial score (nSPS) is 10.9. The zero-order valence-electron chi connectivity index (χ0n) is 20.7. The summed E-state index contributed by atoms with van der Waals surface area (Å²) in [6.45, 7) is 0. The number of H-pyrrole nitrogens is 1. The third-order valence-corrected chi connectivity index (χ3v) is 6.93. The van der Waals surface area contributed by atoms with Crippen molar-refractivity contribution in [2.24, 2.45) is 0 Å². The Morgan fingerprint density at radius 3 is 2.19 bits per heavy atom. The van der Waals surface area contributed by atoms with E-state index < -0.39 is 0 Å². The number of imidazole rings is 1. The summed E-state index contributed by atoms with van der Waals surface area (Å²) in [6.07, 6.45) is 0.365. The third kappa shape index (κ3) is 5.62. The molecular formula is C30H27N3O3S. The van der Waals surface area contributed by atoms with Crippen molar-refractivity contribution in [1.82, 2.24) is 9.97 Å². The lowest BCUT2D eigenvalue weighted by atomic mass is 10.0. The van der Waals surface area contributed by atoms with E-state index in [0.717, 1.165) is 55.6 Å². The molecule has 186 valence electrons. The summed E-state index contributed by atoms with van der Waals surface area (Å²) in [5.41, 5.74) is 4.56. The van der Waals surface area contributed by atoms with Crippen molar-refractivity contribution >= 4 is 34.1 Å². The molecule has 1 aromatic heterocycles. The number of carbonyl (C=O) groups excluding carboxylic acids is 1. The van der Waals surface area contributed by atoms with Crippen LogP contribution in [0.3, 0.4) is 0 Å². The van der Waals surface area contributed by atoms with Crippen LogP contribution in [0.1, 0.15) is 6.42 Å². The fraction of sp³-hybridized carbons (Fsp3) is 0.133. The van der Waals surface area contributed by atoms with Crippen LogP contribution in [-0.4, -0.2) is 35.8 Å². The van der Waals surface area contributed by atoms with Crippen LogP contribution in [0.25, 0.3) is 33.3 Å². The summed E-state index contributed by atoms with van der Waals surface area (Å²) in [5.74, 6) is 2.15. The first kappa shape index (κ1) is 24.5. The number of hydrogen-bond acceptors (Lipinski definition) is 5. The number of nitrogens with zero attached hydrogens (tertiary/aromatic N) is 1. The van der Waals surface area contributed by atoms with Crippen molar-refractivity contribution < 1.29 is 14.3 Å². The minimum Gasteiger partial charge on any atom is -0.497 e. The predicted octanol–water partition coefficient (Wildman–Crippen LogP) is 7.04. The van der Waals surface area contributed by atoms with Crippen molar-refractivity contribution in [1.29, 1.82) is 0 Å². The predicted molar refractivity (Wildman–Crippen MR) is 150 cm³/mol. The largest absolute Gasteiger partial charge is 0.497 e. The molecule has 5 rings (SSSR count). The van der Waals surface area contributed by atoms with Gasteiger partial charge in [-0.05, 0) is 60.0 Å². The average molecular weight is 510 g/mol. The Bertz CT molecular complexity index is 1440. The van der Waals surface area contributed by atoms with Crippen LogP contribution in [0.4, 0.5) is 5.69 Å². The van der Waals surface area contributed by atoms with E-state index in [1.54, 1.807) is 14.2 Å². The van der Waals surface area contributed by atoms with Gasteiger partial charge in [0.2, 0.25) is 5.91 Å². The SMILES string of the molecule is COc1ccc(-c2nc(SCCC(=O)Nc3cccc4ccccc34)[nH]c2-c2ccc(OC)cc2)cc1. The molecule has 7 heteroatoms. The lowest BCUT2D eigenvalue weighted by Crippen LogP contribution is -2.12. The highest BCUT2D eigenvalue weighted by Crippen LogP contribution is 2.34. The van der Waals surface area contributed by atoms with Crippen LogP contribution >= 0.6 is 11.8 Å². The topological polar surface area (TPSA) is 76.2 Å². The van der Waals surface area contributed by atoms with Crippen LogP contribution in [0.5, 0.6) is 11.5 Å². The zero-order valence-corrected chi connectivity index (χ0v) is 21.5. The molecule has 2 N–H and O–H groups in total. The van der Waals surface area contributed by atoms with E-state index in [1.165, 1.54) is 11.8 Å². The number of hydrogen-bond donors (Lipinski definition) is 2. The Morgan fingerprint density at radius 2 is 1.49 bits per heavy atom. The number of methoxy groups -OCH3 is 2. The fourth-order valence-electron chi connectivity index (χ4n) is 4.13. The molecule has 1 heterocycles. The van der Waals surface area contributed by atoms with Crippen molar-refractivity contribution in [3.63, 3.8) is 0 Å². The molecule has 0 saturated carbocycles. The number of anilines is 1. The molecule has 0 aliphatic heterocycles. The highest BCUT2D eigenvalue weighted by atomic mass is 32.2. The van der Waals surface area contributed by atoms with Gasteiger partial charge in [-0.25, -0.2) is 4.98 Å². The second kappa shape index (κ2) is 11.2. The lowest BCUT2D eigenvalue weighted by Gasteiger charge is -2.08. The Kier molecular flexibility index (Phi) is 7.42. The van der Waals surface area contributed by atoms with Gasteiger partial charge in [0.25, 0.3) is 0 Å². The molecule has 37 heavy (non-hydrogen) atoms. The molecule has 0 saturated heterocycles. The second-order valence-electron chi connectivity index (χ2n) is 8.40.